The van der Waals surface area contributed by atoms with Crippen molar-refractivity contribution in [1.29, 1.82) is 0 Å². The Hall–Kier alpha value is -4.04. The number of aromatic nitrogens is 3. The molecule has 0 bridgehead atoms. The lowest BCUT2D eigenvalue weighted by molar-refractivity contribution is 0.1000. The number of amides is 1. The molecule has 0 radical (unpaired) electrons. The number of nitrogens with zero attached hydrogens (tertiary/aromatic N) is 3. The van der Waals surface area contributed by atoms with Gasteiger partial charge in [-0.15, -0.1) is 0 Å². The first-order valence-corrected chi connectivity index (χ1v) is 11.4. The van der Waals surface area contributed by atoms with E-state index in [1.165, 1.54) is 4.68 Å². The summed E-state index contributed by atoms with van der Waals surface area (Å²) < 4.78 is 16.2. The number of hydrogen-bond donors (Lipinski definition) is 1. The second-order valence-corrected chi connectivity index (χ2v) is 9.23. The lowest BCUT2D eigenvalue weighted by atomic mass is 10.1. The fraction of sp³-hybridized carbons (Fsp3) is 0.0800. The zero-order chi connectivity index (χ0) is 23.1. The Labute approximate surface area is 191 Å². The Balaban J connectivity index is 1.60. The highest BCUT2D eigenvalue weighted by Gasteiger charge is 2.16. The van der Waals surface area contributed by atoms with Gasteiger partial charge < -0.3 is 10.3 Å². The number of fused-ring (bicyclic) bond motifs is 3. The summed E-state index contributed by atoms with van der Waals surface area (Å²) in [6.45, 7) is 0.209. The van der Waals surface area contributed by atoms with Gasteiger partial charge in [-0.2, -0.15) is 5.10 Å². The van der Waals surface area contributed by atoms with E-state index in [4.69, 9.17) is 5.73 Å². The summed E-state index contributed by atoms with van der Waals surface area (Å²) in [6.07, 6.45) is 1.67. The van der Waals surface area contributed by atoms with Crippen molar-refractivity contribution in [3.63, 3.8) is 0 Å². The van der Waals surface area contributed by atoms with Crippen LogP contribution >= 0.6 is 0 Å². The molecule has 0 aliphatic heterocycles. The van der Waals surface area contributed by atoms with Crippen molar-refractivity contribution in [2.45, 2.75) is 16.3 Å². The van der Waals surface area contributed by atoms with E-state index in [0.717, 1.165) is 26.7 Å². The smallest absolute Gasteiger partial charge is 0.291 e. The molecule has 0 saturated heterocycles. The molecule has 5 rings (SSSR count). The molecule has 2 N–H and O–H groups in total. The molecule has 8 heteroatoms. The monoisotopic (exact) mass is 456 g/mol. The van der Waals surface area contributed by atoms with E-state index in [-0.39, 0.29) is 12.1 Å². The third kappa shape index (κ3) is 3.64. The van der Waals surface area contributed by atoms with Crippen LogP contribution in [0.4, 0.5) is 0 Å². The first-order chi connectivity index (χ1) is 15.9. The third-order valence-corrected chi connectivity index (χ3v) is 7.07. The predicted molar refractivity (Wildman–Crippen MR) is 128 cm³/mol. The second kappa shape index (κ2) is 8.14. The molecule has 2 heterocycles. The van der Waals surface area contributed by atoms with Crippen LogP contribution in [0.1, 0.15) is 15.9 Å². The number of nitrogens with two attached hydrogens (primary N) is 1. The zero-order valence-corrected chi connectivity index (χ0v) is 18.6. The highest BCUT2D eigenvalue weighted by molar-refractivity contribution is 7.85. The highest BCUT2D eigenvalue weighted by atomic mass is 32.2. The summed E-state index contributed by atoms with van der Waals surface area (Å²) in [5.74, 6) is -0.523. The van der Waals surface area contributed by atoms with Gasteiger partial charge in [0.25, 0.3) is 5.56 Å². The molecule has 0 aliphatic rings. The number of hydrogen-bond acceptors (Lipinski definition) is 4. The van der Waals surface area contributed by atoms with E-state index in [9.17, 15) is 13.8 Å². The largest absolute Gasteiger partial charge is 0.366 e. The maximum Gasteiger partial charge on any atom is 0.291 e. The van der Waals surface area contributed by atoms with Gasteiger partial charge in [0, 0.05) is 33.2 Å². The van der Waals surface area contributed by atoms with Crippen LogP contribution in [0.5, 0.6) is 0 Å². The summed E-state index contributed by atoms with van der Waals surface area (Å²) in [7, 11) is 0.494. The van der Waals surface area contributed by atoms with Crippen LogP contribution in [0.3, 0.4) is 0 Å². The fourth-order valence-corrected chi connectivity index (χ4v) is 5.13. The minimum absolute atomic E-state index is 0.209. The van der Waals surface area contributed by atoms with Gasteiger partial charge in [-0.1, -0.05) is 36.4 Å². The van der Waals surface area contributed by atoms with E-state index >= 15 is 0 Å². The van der Waals surface area contributed by atoms with Gasteiger partial charge in [-0.3, -0.25) is 9.59 Å². The number of carbonyl (C=O) groups excluding carboxylic acids is 1. The molecule has 7 nitrogen and oxygen atoms in total. The molecule has 33 heavy (non-hydrogen) atoms. The Bertz CT molecular complexity index is 1620. The summed E-state index contributed by atoms with van der Waals surface area (Å²) in [5.41, 5.74) is 7.56. The van der Waals surface area contributed by atoms with Crippen LogP contribution in [-0.2, 0) is 24.4 Å². The van der Waals surface area contributed by atoms with Crippen molar-refractivity contribution >= 4 is 38.5 Å². The van der Waals surface area contributed by atoms with Crippen molar-refractivity contribution in [2.24, 2.45) is 12.8 Å². The lowest BCUT2D eigenvalue weighted by Crippen LogP contribution is -2.24. The van der Waals surface area contributed by atoms with E-state index in [1.54, 1.807) is 24.4 Å². The topological polar surface area (TPSA) is 100.0 Å². The summed E-state index contributed by atoms with van der Waals surface area (Å²) in [4.78, 5) is 26.2. The van der Waals surface area contributed by atoms with Crippen LogP contribution in [0, 0.1) is 0 Å². The SMILES string of the molecule is Cn1c2cc(S(=O)c3ccccc3)ccc2c2cnn(Cc3cccc(C(N)=O)c3)c(=O)c21. The number of rotatable bonds is 5. The molecular weight excluding hydrogens is 436 g/mol. The molecule has 0 spiro atoms. The highest BCUT2D eigenvalue weighted by Crippen LogP contribution is 2.28. The molecule has 1 amide bonds. The maximum absolute atomic E-state index is 13.3. The fourth-order valence-electron chi connectivity index (χ4n) is 4.04. The van der Waals surface area contributed by atoms with Gasteiger partial charge in [0.15, 0.2) is 0 Å². The van der Waals surface area contributed by atoms with Crippen molar-refractivity contribution in [1.82, 2.24) is 14.3 Å². The second-order valence-electron chi connectivity index (χ2n) is 7.75. The number of primary amides is 1. The van der Waals surface area contributed by atoms with Gasteiger partial charge in [-0.25, -0.2) is 8.89 Å². The minimum atomic E-state index is -1.33. The Kier molecular flexibility index (Phi) is 5.14. The predicted octanol–water partition coefficient (Wildman–Crippen LogP) is 3.20. The molecule has 5 aromatic rings. The van der Waals surface area contributed by atoms with Crippen LogP contribution in [0.2, 0.25) is 0 Å². The van der Waals surface area contributed by atoms with E-state index < -0.39 is 16.7 Å². The standard InChI is InChI=1S/C25H20N4O3S/c1-28-22-13-19(33(32)18-8-3-2-4-9-18)10-11-20(22)21-14-27-29(25(31)23(21)28)15-16-6-5-7-17(12-16)24(26)30/h2-14H,15H2,1H3,(H2,26,30). The molecule has 1 unspecified atom stereocenters. The molecule has 0 aliphatic carbocycles. The van der Waals surface area contributed by atoms with Crippen LogP contribution in [0.15, 0.2) is 93.6 Å². The number of benzene rings is 3. The average Bonchev–Trinajstić information content (AvgIpc) is 3.13. The van der Waals surface area contributed by atoms with E-state index in [1.807, 2.05) is 66.2 Å². The molecule has 164 valence electrons. The normalized spacial score (nSPS) is 12.3. The number of carbonyl (C=O) groups is 1. The third-order valence-electron chi connectivity index (χ3n) is 5.69. The lowest BCUT2D eigenvalue weighted by Gasteiger charge is -2.07. The number of aryl methyl sites for hydroxylation is 1. The van der Waals surface area contributed by atoms with Gasteiger partial charge in [0.1, 0.15) is 5.52 Å². The Morgan fingerprint density at radius 3 is 2.52 bits per heavy atom. The summed E-state index contributed by atoms with van der Waals surface area (Å²) in [6, 6.07) is 21.7. The summed E-state index contributed by atoms with van der Waals surface area (Å²) in [5, 5.41) is 5.96. The Morgan fingerprint density at radius 2 is 1.76 bits per heavy atom. The van der Waals surface area contributed by atoms with E-state index in [2.05, 4.69) is 5.10 Å². The zero-order valence-electron chi connectivity index (χ0n) is 17.8. The van der Waals surface area contributed by atoms with Gasteiger partial charge in [-0.05, 0) is 42.0 Å². The van der Waals surface area contributed by atoms with Crippen LogP contribution < -0.4 is 11.3 Å². The first-order valence-electron chi connectivity index (χ1n) is 10.3. The van der Waals surface area contributed by atoms with Crippen LogP contribution in [-0.4, -0.2) is 24.5 Å². The van der Waals surface area contributed by atoms with Crippen molar-refractivity contribution < 1.29 is 9.00 Å². The van der Waals surface area contributed by atoms with Crippen molar-refractivity contribution in [3.05, 3.63) is 100 Å². The minimum Gasteiger partial charge on any atom is -0.366 e. The quantitative estimate of drug-likeness (QED) is 0.439. The van der Waals surface area contributed by atoms with Gasteiger partial charge in [0.2, 0.25) is 5.91 Å². The van der Waals surface area contributed by atoms with Gasteiger partial charge in [0.05, 0.1) is 29.1 Å². The maximum atomic E-state index is 13.3. The van der Waals surface area contributed by atoms with Crippen molar-refractivity contribution in [2.75, 3.05) is 0 Å². The van der Waals surface area contributed by atoms with Crippen molar-refractivity contribution in [3.8, 4) is 0 Å². The average molecular weight is 457 g/mol. The Morgan fingerprint density at radius 1 is 0.970 bits per heavy atom. The molecule has 2 aromatic heterocycles. The van der Waals surface area contributed by atoms with E-state index in [0.29, 0.717) is 16.0 Å². The first kappa shape index (κ1) is 20.8. The summed E-state index contributed by atoms with van der Waals surface area (Å²) >= 11 is 0. The molecule has 0 fully saturated rings. The molecule has 3 aromatic carbocycles. The van der Waals surface area contributed by atoms with Gasteiger partial charge >= 0.3 is 0 Å². The molecular formula is C25H20N4O3S. The molecule has 0 saturated carbocycles. The van der Waals surface area contributed by atoms with Crippen LogP contribution in [0.25, 0.3) is 21.8 Å². The molecule has 1 atom stereocenters.